The molecule has 0 radical (unpaired) electrons. The number of anilines is 1. The second-order valence-corrected chi connectivity index (χ2v) is 7.41. The number of thioether (sulfide) groups is 1. The van der Waals surface area contributed by atoms with E-state index in [1.807, 2.05) is 11.8 Å². The zero-order chi connectivity index (χ0) is 15.6. The Kier molecular flexibility index (Phi) is 5.00. The third-order valence-corrected chi connectivity index (χ3v) is 4.62. The molecular formula is C14H17ClN2O3S. The molecule has 1 aromatic carbocycles. The fraction of sp³-hybridized carbons (Fsp3) is 0.429. The minimum absolute atomic E-state index is 0.0280. The molecule has 2 N–H and O–H groups in total. The van der Waals surface area contributed by atoms with Crippen LogP contribution in [-0.4, -0.2) is 45.6 Å². The summed E-state index contributed by atoms with van der Waals surface area (Å²) in [6.45, 7) is 5.43. The van der Waals surface area contributed by atoms with Gasteiger partial charge < -0.3 is 15.3 Å². The number of rotatable bonds is 2. The summed E-state index contributed by atoms with van der Waals surface area (Å²) in [6.07, 6.45) is 0. The van der Waals surface area contributed by atoms with Gasteiger partial charge in [0.05, 0.1) is 11.3 Å². The van der Waals surface area contributed by atoms with E-state index in [4.69, 9.17) is 16.7 Å². The molecule has 2 atom stereocenters. The lowest BCUT2D eigenvalue weighted by Gasteiger charge is -2.34. The highest BCUT2D eigenvalue weighted by molar-refractivity contribution is 8.00. The van der Waals surface area contributed by atoms with Crippen molar-refractivity contribution >= 4 is 41.1 Å². The lowest BCUT2D eigenvalue weighted by Crippen LogP contribution is -2.46. The summed E-state index contributed by atoms with van der Waals surface area (Å²) in [5.41, 5.74) is 0.249. The van der Waals surface area contributed by atoms with E-state index < -0.39 is 5.97 Å². The van der Waals surface area contributed by atoms with Gasteiger partial charge in [0.2, 0.25) is 0 Å². The quantitative estimate of drug-likeness (QED) is 0.873. The average Bonchev–Trinajstić information content (AvgIpc) is 2.37. The summed E-state index contributed by atoms with van der Waals surface area (Å²) in [5, 5.41) is 12.9. The molecule has 114 valence electrons. The van der Waals surface area contributed by atoms with Crippen molar-refractivity contribution in [2.45, 2.75) is 24.3 Å². The molecule has 21 heavy (non-hydrogen) atoms. The van der Waals surface area contributed by atoms with Gasteiger partial charge >= 0.3 is 12.0 Å². The number of carboxylic acids is 1. The molecule has 1 aliphatic rings. The maximum atomic E-state index is 12.3. The van der Waals surface area contributed by atoms with E-state index >= 15 is 0 Å². The van der Waals surface area contributed by atoms with Crippen molar-refractivity contribution in [3.63, 3.8) is 0 Å². The van der Waals surface area contributed by atoms with E-state index in [1.54, 1.807) is 4.90 Å². The molecule has 0 bridgehead atoms. The number of nitrogens with one attached hydrogen (secondary N) is 1. The van der Waals surface area contributed by atoms with Crippen LogP contribution < -0.4 is 5.32 Å². The number of aromatic carboxylic acids is 1. The van der Waals surface area contributed by atoms with Gasteiger partial charge in [0, 0.05) is 28.6 Å². The van der Waals surface area contributed by atoms with Gasteiger partial charge in [-0.2, -0.15) is 11.8 Å². The number of halogens is 1. The van der Waals surface area contributed by atoms with Crippen LogP contribution >= 0.6 is 23.4 Å². The molecule has 2 rings (SSSR count). The molecule has 7 heteroatoms. The Morgan fingerprint density at radius 1 is 1.33 bits per heavy atom. The topological polar surface area (TPSA) is 69.6 Å². The van der Waals surface area contributed by atoms with Crippen LogP contribution in [0.3, 0.4) is 0 Å². The summed E-state index contributed by atoms with van der Waals surface area (Å²) >= 11 is 7.72. The first-order chi connectivity index (χ1) is 9.86. The molecule has 1 heterocycles. The third kappa shape index (κ3) is 4.04. The van der Waals surface area contributed by atoms with Crippen LogP contribution in [0, 0.1) is 0 Å². The average molecular weight is 329 g/mol. The number of carboxylic acid groups (broad SMARTS) is 1. The van der Waals surface area contributed by atoms with Crippen molar-refractivity contribution in [1.82, 2.24) is 4.90 Å². The van der Waals surface area contributed by atoms with Gasteiger partial charge in [-0.25, -0.2) is 9.59 Å². The van der Waals surface area contributed by atoms with Crippen molar-refractivity contribution in [3.05, 3.63) is 28.8 Å². The SMILES string of the molecule is CC1CN(C(=O)Nc2cc(Cl)ccc2C(=O)O)CC(C)S1. The molecule has 5 nitrogen and oxygen atoms in total. The number of urea groups is 1. The van der Waals surface area contributed by atoms with E-state index in [0.29, 0.717) is 28.6 Å². The van der Waals surface area contributed by atoms with Crippen molar-refractivity contribution < 1.29 is 14.7 Å². The molecular weight excluding hydrogens is 312 g/mol. The Labute approximate surface area is 132 Å². The lowest BCUT2D eigenvalue weighted by molar-refractivity contribution is 0.0698. The van der Waals surface area contributed by atoms with Gasteiger partial charge in [0.1, 0.15) is 0 Å². The molecule has 2 unspecified atom stereocenters. The Hall–Kier alpha value is -1.40. The molecule has 2 amide bonds. The van der Waals surface area contributed by atoms with E-state index in [-0.39, 0.29) is 17.3 Å². The predicted octanol–water partition coefficient (Wildman–Crippen LogP) is 3.40. The molecule has 1 aromatic rings. The maximum Gasteiger partial charge on any atom is 0.337 e. The van der Waals surface area contributed by atoms with Gasteiger partial charge in [-0.1, -0.05) is 25.4 Å². The number of nitrogens with zero attached hydrogens (tertiary/aromatic N) is 1. The third-order valence-electron chi connectivity index (χ3n) is 3.16. The van der Waals surface area contributed by atoms with Crippen molar-refractivity contribution in [2.24, 2.45) is 0 Å². The molecule has 0 aromatic heterocycles. The van der Waals surface area contributed by atoms with E-state index in [9.17, 15) is 9.59 Å². The van der Waals surface area contributed by atoms with Gasteiger partial charge in [0.25, 0.3) is 0 Å². The van der Waals surface area contributed by atoms with Crippen LogP contribution in [0.4, 0.5) is 10.5 Å². The number of hydrogen-bond acceptors (Lipinski definition) is 3. The van der Waals surface area contributed by atoms with Crippen LogP contribution in [0.1, 0.15) is 24.2 Å². The fourth-order valence-electron chi connectivity index (χ4n) is 2.34. The molecule has 1 aliphatic heterocycles. The van der Waals surface area contributed by atoms with Crippen molar-refractivity contribution in [1.29, 1.82) is 0 Å². The second kappa shape index (κ2) is 6.58. The zero-order valence-corrected chi connectivity index (χ0v) is 13.4. The smallest absolute Gasteiger partial charge is 0.337 e. The zero-order valence-electron chi connectivity index (χ0n) is 11.8. The Bertz CT molecular complexity index is 557. The normalized spacial score (nSPS) is 22.0. The number of carbonyl (C=O) groups excluding carboxylic acids is 1. The Morgan fingerprint density at radius 3 is 2.52 bits per heavy atom. The summed E-state index contributed by atoms with van der Waals surface area (Å²) in [6, 6.07) is 4.03. The largest absolute Gasteiger partial charge is 0.478 e. The standard InChI is InChI=1S/C14H17ClN2O3S/c1-8-6-17(7-9(2)21-8)14(20)16-12-5-10(15)3-4-11(12)13(18)19/h3-5,8-9H,6-7H2,1-2H3,(H,16,20)(H,18,19). The summed E-state index contributed by atoms with van der Waals surface area (Å²) in [5.74, 6) is -1.10. The highest BCUT2D eigenvalue weighted by Crippen LogP contribution is 2.26. The van der Waals surface area contributed by atoms with Gasteiger partial charge in [-0.05, 0) is 18.2 Å². The number of hydrogen-bond donors (Lipinski definition) is 2. The van der Waals surface area contributed by atoms with Crippen LogP contribution in [0.15, 0.2) is 18.2 Å². The van der Waals surface area contributed by atoms with Crippen LogP contribution in [0.5, 0.6) is 0 Å². The Morgan fingerprint density at radius 2 is 1.95 bits per heavy atom. The van der Waals surface area contributed by atoms with E-state index in [2.05, 4.69) is 19.2 Å². The monoisotopic (exact) mass is 328 g/mol. The summed E-state index contributed by atoms with van der Waals surface area (Å²) in [7, 11) is 0. The lowest BCUT2D eigenvalue weighted by atomic mass is 10.2. The van der Waals surface area contributed by atoms with Crippen molar-refractivity contribution in [3.8, 4) is 0 Å². The molecule has 1 saturated heterocycles. The Balaban J connectivity index is 2.16. The van der Waals surface area contributed by atoms with Gasteiger partial charge in [0.15, 0.2) is 0 Å². The summed E-state index contributed by atoms with van der Waals surface area (Å²) in [4.78, 5) is 25.2. The maximum absolute atomic E-state index is 12.3. The second-order valence-electron chi connectivity index (χ2n) is 5.09. The predicted molar refractivity (Wildman–Crippen MR) is 85.5 cm³/mol. The van der Waals surface area contributed by atoms with Crippen molar-refractivity contribution in [2.75, 3.05) is 18.4 Å². The first-order valence-electron chi connectivity index (χ1n) is 6.61. The number of benzene rings is 1. The fourth-order valence-corrected chi connectivity index (χ4v) is 3.84. The van der Waals surface area contributed by atoms with Gasteiger partial charge in [-0.3, -0.25) is 0 Å². The van der Waals surface area contributed by atoms with Crippen LogP contribution in [-0.2, 0) is 0 Å². The van der Waals surface area contributed by atoms with E-state index in [0.717, 1.165) is 0 Å². The number of amides is 2. The molecule has 0 saturated carbocycles. The molecule has 1 fully saturated rings. The first kappa shape index (κ1) is 16.0. The first-order valence-corrected chi connectivity index (χ1v) is 7.93. The highest BCUT2D eigenvalue weighted by atomic mass is 35.5. The van der Waals surface area contributed by atoms with Gasteiger partial charge in [-0.15, -0.1) is 0 Å². The minimum Gasteiger partial charge on any atom is -0.478 e. The summed E-state index contributed by atoms with van der Waals surface area (Å²) < 4.78 is 0. The van der Waals surface area contributed by atoms with Crippen LogP contribution in [0.25, 0.3) is 0 Å². The number of carbonyl (C=O) groups is 2. The van der Waals surface area contributed by atoms with E-state index in [1.165, 1.54) is 18.2 Å². The van der Waals surface area contributed by atoms with Crippen LogP contribution in [0.2, 0.25) is 5.02 Å². The minimum atomic E-state index is -1.10. The highest BCUT2D eigenvalue weighted by Gasteiger charge is 2.26. The molecule has 0 aliphatic carbocycles. The molecule has 0 spiro atoms.